The van der Waals surface area contributed by atoms with Gasteiger partial charge in [0, 0.05) is 11.1 Å². The number of unbranched alkanes of at least 4 members (excludes halogenated alkanes) is 2. The van der Waals surface area contributed by atoms with Crippen LogP contribution in [0.2, 0.25) is 5.02 Å². The lowest BCUT2D eigenvalue weighted by Crippen LogP contribution is -2.23. The number of halogens is 1. The molecule has 0 spiro atoms. The van der Waals surface area contributed by atoms with Crippen molar-refractivity contribution in [3.63, 3.8) is 0 Å². The third kappa shape index (κ3) is 5.38. The highest BCUT2D eigenvalue weighted by atomic mass is 35.5. The van der Waals surface area contributed by atoms with Crippen molar-refractivity contribution in [1.29, 1.82) is 0 Å². The molecule has 1 N–H and O–H groups in total. The molecule has 0 saturated carbocycles. The van der Waals surface area contributed by atoms with E-state index in [0.29, 0.717) is 6.04 Å². The fourth-order valence-electron chi connectivity index (χ4n) is 2.05. The highest BCUT2D eigenvalue weighted by Gasteiger charge is 2.11. The van der Waals surface area contributed by atoms with Gasteiger partial charge in [-0.15, -0.1) is 0 Å². The second-order valence-electron chi connectivity index (χ2n) is 4.88. The lowest BCUT2D eigenvalue weighted by molar-refractivity contribution is 0.255. The van der Waals surface area contributed by atoms with Crippen LogP contribution in [0.25, 0.3) is 0 Å². The molecule has 1 aromatic rings. The summed E-state index contributed by atoms with van der Waals surface area (Å²) in [6.07, 6.45) is 3.80. The average molecular weight is 269 g/mol. The first-order valence-corrected chi connectivity index (χ1v) is 7.13. The van der Waals surface area contributed by atoms with Gasteiger partial charge in [-0.05, 0) is 64.6 Å². The fourth-order valence-corrected chi connectivity index (χ4v) is 2.25. The molecule has 1 unspecified atom stereocenters. The Bertz CT molecular complexity index is 341. The highest BCUT2D eigenvalue weighted by molar-refractivity contribution is 6.30. The molecule has 1 atom stereocenters. The van der Waals surface area contributed by atoms with Crippen molar-refractivity contribution >= 4 is 11.6 Å². The van der Waals surface area contributed by atoms with Gasteiger partial charge in [0.1, 0.15) is 0 Å². The van der Waals surface area contributed by atoms with E-state index >= 15 is 0 Å². The molecule has 0 heterocycles. The molecule has 0 aliphatic rings. The van der Waals surface area contributed by atoms with Gasteiger partial charge >= 0.3 is 0 Å². The van der Waals surface area contributed by atoms with Crippen LogP contribution in [0.3, 0.4) is 0 Å². The molecule has 1 rings (SSSR count). The average Bonchev–Trinajstić information content (AvgIpc) is 2.37. The third-order valence-electron chi connectivity index (χ3n) is 3.43. The van der Waals surface area contributed by atoms with Gasteiger partial charge in [-0.2, -0.15) is 0 Å². The van der Waals surface area contributed by atoms with Gasteiger partial charge in [-0.1, -0.05) is 30.2 Å². The van der Waals surface area contributed by atoms with E-state index < -0.39 is 0 Å². The third-order valence-corrected chi connectivity index (χ3v) is 3.66. The Morgan fingerprint density at radius 3 is 2.72 bits per heavy atom. The van der Waals surface area contributed by atoms with Gasteiger partial charge in [0.2, 0.25) is 0 Å². The monoisotopic (exact) mass is 268 g/mol. The van der Waals surface area contributed by atoms with Gasteiger partial charge in [-0.25, -0.2) is 0 Å². The molecule has 3 heteroatoms. The van der Waals surface area contributed by atoms with Crippen LogP contribution >= 0.6 is 11.6 Å². The number of hydrogen-bond donors (Lipinski definition) is 1. The molecule has 2 nitrogen and oxygen atoms in total. The second kappa shape index (κ2) is 8.52. The molecule has 0 aliphatic heterocycles. The molecule has 0 bridgehead atoms. The van der Waals surface area contributed by atoms with Crippen LogP contribution in [0.15, 0.2) is 24.3 Å². The summed E-state index contributed by atoms with van der Waals surface area (Å²) < 4.78 is 0. The van der Waals surface area contributed by atoms with Crippen molar-refractivity contribution in [2.24, 2.45) is 0 Å². The van der Waals surface area contributed by atoms with Gasteiger partial charge in [0.25, 0.3) is 0 Å². The lowest BCUT2D eigenvalue weighted by Gasteiger charge is -2.25. The Labute approximate surface area is 116 Å². The first-order chi connectivity index (χ1) is 8.65. The summed E-state index contributed by atoms with van der Waals surface area (Å²) in [7, 11) is 4.19. The standard InChI is InChI=1S/C15H25ClN2/c1-13(14-8-7-9-15(16)12-14)18(3)11-6-4-5-10-17-2/h7-9,12-13,17H,4-6,10-11H2,1-3H3. The zero-order valence-corrected chi connectivity index (χ0v) is 12.5. The zero-order chi connectivity index (χ0) is 13.4. The summed E-state index contributed by atoms with van der Waals surface area (Å²) in [5, 5.41) is 4.00. The fraction of sp³-hybridized carbons (Fsp3) is 0.600. The SMILES string of the molecule is CNCCCCCN(C)C(C)c1cccc(Cl)c1. The van der Waals surface area contributed by atoms with Crippen LogP contribution in [0, 0.1) is 0 Å². The molecule has 18 heavy (non-hydrogen) atoms. The topological polar surface area (TPSA) is 15.3 Å². The number of nitrogens with zero attached hydrogens (tertiary/aromatic N) is 1. The minimum atomic E-state index is 0.424. The molecule has 0 saturated heterocycles. The minimum absolute atomic E-state index is 0.424. The predicted molar refractivity (Wildman–Crippen MR) is 80.3 cm³/mol. The van der Waals surface area contributed by atoms with Crippen LogP contribution < -0.4 is 5.32 Å². The maximum Gasteiger partial charge on any atom is 0.0409 e. The van der Waals surface area contributed by atoms with E-state index in [-0.39, 0.29) is 0 Å². The number of hydrogen-bond acceptors (Lipinski definition) is 2. The summed E-state index contributed by atoms with van der Waals surface area (Å²) in [6.45, 7) is 4.49. The van der Waals surface area contributed by atoms with Crippen molar-refractivity contribution in [3.8, 4) is 0 Å². The Morgan fingerprint density at radius 2 is 2.06 bits per heavy atom. The Balaban J connectivity index is 2.34. The largest absolute Gasteiger partial charge is 0.320 e. The minimum Gasteiger partial charge on any atom is -0.320 e. The van der Waals surface area contributed by atoms with E-state index in [0.717, 1.165) is 18.1 Å². The highest BCUT2D eigenvalue weighted by Crippen LogP contribution is 2.22. The zero-order valence-electron chi connectivity index (χ0n) is 11.7. The Morgan fingerprint density at radius 1 is 1.28 bits per heavy atom. The van der Waals surface area contributed by atoms with Crippen molar-refractivity contribution in [3.05, 3.63) is 34.9 Å². The van der Waals surface area contributed by atoms with Crippen molar-refractivity contribution in [1.82, 2.24) is 10.2 Å². The molecular formula is C15H25ClN2. The maximum atomic E-state index is 6.03. The van der Waals surface area contributed by atoms with Gasteiger partial charge in [0.15, 0.2) is 0 Å². The van der Waals surface area contributed by atoms with Crippen LogP contribution in [0.5, 0.6) is 0 Å². The summed E-state index contributed by atoms with van der Waals surface area (Å²) in [4.78, 5) is 2.39. The second-order valence-corrected chi connectivity index (χ2v) is 5.31. The van der Waals surface area contributed by atoms with E-state index in [4.69, 9.17) is 11.6 Å². The van der Waals surface area contributed by atoms with E-state index in [1.807, 2.05) is 19.2 Å². The van der Waals surface area contributed by atoms with Crippen LogP contribution in [-0.2, 0) is 0 Å². The molecule has 102 valence electrons. The molecule has 0 amide bonds. The normalized spacial score (nSPS) is 12.9. The smallest absolute Gasteiger partial charge is 0.0409 e. The maximum absolute atomic E-state index is 6.03. The summed E-state index contributed by atoms with van der Waals surface area (Å²) >= 11 is 6.03. The van der Waals surface area contributed by atoms with Gasteiger partial charge < -0.3 is 5.32 Å². The van der Waals surface area contributed by atoms with E-state index in [1.165, 1.54) is 24.8 Å². The first kappa shape index (κ1) is 15.5. The van der Waals surface area contributed by atoms with Crippen LogP contribution in [-0.4, -0.2) is 32.1 Å². The predicted octanol–water partition coefficient (Wildman–Crippen LogP) is 3.72. The quantitative estimate of drug-likeness (QED) is 0.723. The van der Waals surface area contributed by atoms with Crippen LogP contribution in [0.4, 0.5) is 0 Å². The summed E-state index contributed by atoms with van der Waals surface area (Å²) in [5.74, 6) is 0. The van der Waals surface area contributed by atoms with E-state index in [1.54, 1.807) is 0 Å². The van der Waals surface area contributed by atoms with Crippen molar-refractivity contribution < 1.29 is 0 Å². The molecular weight excluding hydrogens is 244 g/mol. The van der Waals surface area contributed by atoms with E-state index in [9.17, 15) is 0 Å². The number of rotatable bonds is 8. The first-order valence-electron chi connectivity index (χ1n) is 6.75. The molecule has 0 aromatic heterocycles. The summed E-state index contributed by atoms with van der Waals surface area (Å²) in [6, 6.07) is 8.58. The Hall–Kier alpha value is -0.570. The molecule has 0 fully saturated rings. The van der Waals surface area contributed by atoms with Crippen molar-refractivity contribution in [2.75, 3.05) is 27.2 Å². The van der Waals surface area contributed by atoms with E-state index in [2.05, 4.69) is 36.3 Å². The number of benzene rings is 1. The van der Waals surface area contributed by atoms with Gasteiger partial charge in [0.05, 0.1) is 0 Å². The molecule has 0 radical (unpaired) electrons. The van der Waals surface area contributed by atoms with Gasteiger partial charge in [-0.3, -0.25) is 4.90 Å². The lowest BCUT2D eigenvalue weighted by atomic mass is 10.1. The molecule has 1 aromatic carbocycles. The van der Waals surface area contributed by atoms with Crippen molar-refractivity contribution in [2.45, 2.75) is 32.2 Å². The molecule has 0 aliphatic carbocycles. The van der Waals surface area contributed by atoms with Crippen LogP contribution in [0.1, 0.15) is 37.8 Å². The Kier molecular flexibility index (Phi) is 7.33. The summed E-state index contributed by atoms with van der Waals surface area (Å²) in [5.41, 5.74) is 1.29. The number of nitrogens with one attached hydrogen (secondary N) is 1.